The first-order chi connectivity index (χ1) is 8.83. The zero-order valence-electron chi connectivity index (χ0n) is 10.5. The largest absolute Gasteiger partial charge is 0.411 e. The number of nitrogens with zero attached hydrogens (tertiary/aromatic N) is 2. The maximum atomic E-state index is 11.8. The Morgan fingerprint density at radius 2 is 2.16 bits per heavy atom. The summed E-state index contributed by atoms with van der Waals surface area (Å²) < 4.78 is 23.5. The Hall–Kier alpha value is -1.96. The van der Waals surface area contributed by atoms with Crippen LogP contribution in [0.25, 0.3) is 0 Å². The fourth-order valence-electron chi connectivity index (χ4n) is 1.57. The molecule has 0 saturated heterocycles. The van der Waals surface area contributed by atoms with Crippen molar-refractivity contribution in [1.82, 2.24) is 0 Å². The third-order valence-corrected chi connectivity index (χ3v) is 4.89. The summed E-state index contributed by atoms with van der Waals surface area (Å²) >= 11 is 0. The van der Waals surface area contributed by atoms with Crippen molar-refractivity contribution >= 4 is 21.2 Å². The molecule has 0 fully saturated rings. The monoisotopic (exact) mass is 286 g/mol. The van der Waals surface area contributed by atoms with Crippen molar-refractivity contribution in [3.63, 3.8) is 0 Å². The van der Waals surface area contributed by atoms with Crippen LogP contribution in [0.1, 0.15) is 19.4 Å². The van der Waals surface area contributed by atoms with Crippen molar-refractivity contribution in [2.75, 3.05) is 5.75 Å². The smallest absolute Gasteiger partial charge is 0.270 e. The Balaban J connectivity index is 3.26. The highest BCUT2D eigenvalue weighted by Gasteiger charge is 2.26. The van der Waals surface area contributed by atoms with E-state index in [9.17, 15) is 18.5 Å². The minimum absolute atomic E-state index is 0.106. The molecule has 1 N–H and O–H groups in total. The Bertz CT molecular complexity index is 609. The van der Waals surface area contributed by atoms with Crippen LogP contribution in [0.4, 0.5) is 5.69 Å². The van der Waals surface area contributed by atoms with Crippen LogP contribution in [-0.2, 0) is 9.84 Å². The third kappa shape index (κ3) is 3.28. The molecular weight excluding hydrogens is 272 g/mol. The molecule has 1 aromatic carbocycles. The number of sulfone groups is 1. The number of non-ortho nitro benzene ring substituents is 1. The lowest BCUT2D eigenvalue weighted by Crippen LogP contribution is -2.29. The minimum atomic E-state index is -3.45. The number of nitro groups is 1. The molecule has 0 amide bonds. The van der Waals surface area contributed by atoms with Gasteiger partial charge in [0.2, 0.25) is 0 Å². The molecule has 1 rings (SSSR count). The second-order valence-corrected chi connectivity index (χ2v) is 6.50. The zero-order valence-corrected chi connectivity index (χ0v) is 11.3. The Morgan fingerprint density at radius 1 is 1.53 bits per heavy atom. The second kappa shape index (κ2) is 5.79. The summed E-state index contributed by atoms with van der Waals surface area (Å²) in [7, 11) is -3.45. The Morgan fingerprint density at radius 3 is 2.63 bits per heavy atom. The van der Waals surface area contributed by atoms with E-state index in [1.54, 1.807) is 0 Å². The molecule has 1 atom stereocenters. The molecular formula is C11H14N2O5S. The minimum Gasteiger partial charge on any atom is -0.411 e. The number of hydrogen-bond acceptors (Lipinski definition) is 6. The first-order valence-corrected chi connectivity index (χ1v) is 7.23. The van der Waals surface area contributed by atoms with Gasteiger partial charge in [0.15, 0.2) is 9.84 Å². The molecule has 0 heterocycles. The van der Waals surface area contributed by atoms with Crippen LogP contribution in [0.5, 0.6) is 0 Å². The Kier molecular flexibility index (Phi) is 4.60. The molecule has 0 radical (unpaired) electrons. The summed E-state index contributed by atoms with van der Waals surface area (Å²) in [5.74, 6) is -0.109. The van der Waals surface area contributed by atoms with Crippen LogP contribution in [0, 0.1) is 10.1 Å². The lowest BCUT2D eigenvalue weighted by molar-refractivity contribution is -0.384. The van der Waals surface area contributed by atoms with Crippen molar-refractivity contribution in [3.05, 3.63) is 39.9 Å². The van der Waals surface area contributed by atoms with Crippen LogP contribution in [0.15, 0.2) is 29.4 Å². The molecule has 0 aliphatic heterocycles. The van der Waals surface area contributed by atoms with Gasteiger partial charge in [0.25, 0.3) is 5.69 Å². The van der Waals surface area contributed by atoms with Gasteiger partial charge in [0.05, 0.1) is 4.92 Å². The summed E-state index contributed by atoms with van der Waals surface area (Å²) in [6, 6.07) is 5.32. The number of oxime groups is 1. The zero-order chi connectivity index (χ0) is 14.6. The molecule has 0 saturated carbocycles. The standard InChI is InChI=1S/C11H14N2O5S/c1-3-19(17,18)8(2)11(12-14)9-5-4-6-10(7-9)13(15)16/h4-8,14H,3H2,1-2H3/b12-11+/t8-/m1/s1. The lowest BCUT2D eigenvalue weighted by Gasteiger charge is -2.13. The van der Waals surface area contributed by atoms with Crippen LogP contribution in [0.3, 0.4) is 0 Å². The van der Waals surface area contributed by atoms with Crippen molar-refractivity contribution in [3.8, 4) is 0 Å². The van der Waals surface area contributed by atoms with E-state index < -0.39 is 20.0 Å². The fourth-order valence-corrected chi connectivity index (χ4v) is 2.60. The summed E-state index contributed by atoms with van der Waals surface area (Å²) in [4.78, 5) is 10.1. The number of benzene rings is 1. The molecule has 104 valence electrons. The van der Waals surface area contributed by atoms with E-state index >= 15 is 0 Å². The van der Waals surface area contributed by atoms with Crippen molar-refractivity contribution < 1.29 is 18.5 Å². The van der Waals surface area contributed by atoms with Crippen LogP contribution < -0.4 is 0 Å². The summed E-state index contributed by atoms with van der Waals surface area (Å²) in [6.07, 6.45) is 0. The average molecular weight is 286 g/mol. The highest BCUT2D eigenvalue weighted by Crippen LogP contribution is 2.17. The van der Waals surface area contributed by atoms with Gasteiger partial charge in [0.1, 0.15) is 11.0 Å². The number of nitro benzene ring substituents is 1. The van der Waals surface area contributed by atoms with Gasteiger partial charge in [-0.05, 0) is 6.92 Å². The summed E-state index contributed by atoms with van der Waals surface area (Å²) in [5.41, 5.74) is -0.0912. The van der Waals surface area contributed by atoms with Gasteiger partial charge in [-0.1, -0.05) is 24.2 Å². The molecule has 0 unspecified atom stereocenters. The van der Waals surface area contributed by atoms with Gasteiger partial charge in [-0.2, -0.15) is 0 Å². The van der Waals surface area contributed by atoms with Crippen LogP contribution >= 0.6 is 0 Å². The van der Waals surface area contributed by atoms with E-state index in [1.165, 1.54) is 38.1 Å². The van der Waals surface area contributed by atoms with Crippen LogP contribution in [-0.4, -0.2) is 35.3 Å². The van der Waals surface area contributed by atoms with Gasteiger partial charge in [0, 0.05) is 23.4 Å². The molecule has 0 aliphatic carbocycles. The normalized spacial score (nSPS) is 14.1. The van der Waals surface area contributed by atoms with Gasteiger partial charge in [-0.25, -0.2) is 8.42 Å². The highest BCUT2D eigenvalue weighted by molar-refractivity contribution is 7.92. The van der Waals surface area contributed by atoms with Crippen LogP contribution in [0.2, 0.25) is 0 Å². The fraction of sp³-hybridized carbons (Fsp3) is 0.364. The predicted octanol–water partition coefficient (Wildman–Crippen LogP) is 1.60. The maximum absolute atomic E-state index is 11.8. The van der Waals surface area contributed by atoms with E-state index in [4.69, 9.17) is 5.21 Å². The third-order valence-electron chi connectivity index (χ3n) is 2.79. The molecule has 7 nitrogen and oxygen atoms in total. The first-order valence-electron chi connectivity index (χ1n) is 5.51. The number of rotatable bonds is 5. The van der Waals surface area contributed by atoms with E-state index in [0.29, 0.717) is 0 Å². The van der Waals surface area contributed by atoms with Gasteiger partial charge in [-0.3, -0.25) is 10.1 Å². The Labute approximate surface area is 110 Å². The first kappa shape index (κ1) is 15.1. The summed E-state index contributed by atoms with van der Waals surface area (Å²) in [5, 5.41) is 21.6. The van der Waals surface area contributed by atoms with Gasteiger partial charge >= 0.3 is 0 Å². The quantitative estimate of drug-likeness (QED) is 0.382. The lowest BCUT2D eigenvalue weighted by atomic mass is 10.1. The van der Waals surface area contributed by atoms with Crippen molar-refractivity contribution in [2.24, 2.45) is 5.16 Å². The van der Waals surface area contributed by atoms with E-state index in [1.807, 2.05) is 0 Å². The van der Waals surface area contributed by atoms with E-state index in [0.717, 1.165) is 0 Å². The maximum Gasteiger partial charge on any atom is 0.270 e. The van der Waals surface area contributed by atoms with E-state index in [-0.39, 0.29) is 22.7 Å². The molecule has 19 heavy (non-hydrogen) atoms. The number of hydrogen-bond donors (Lipinski definition) is 1. The molecule has 0 bridgehead atoms. The molecule has 0 aromatic heterocycles. The molecule has 1 aromatic rings. The molecule has 8 heteroatoms. The van der Waals surface area contributed by atoms with E-state index in [2.05, 4.69) is 5.16 Å². The SMILES string of the molecule is CCS(=O)(=O)[C@H](C)/C(=N\O)c1cccc([N+](=O)[O-])c1. The average Bonchev–Trinajstić information content (AvgIpc) is 2.39. The highest BCUT2D eigenvalue weighted by atomic mass is 32.2. The predicted molar refractivity (Wildman–Crippen MR) is 70.3 cm³/mol. The van der Waals surface area contributed by atoms with Crippen molar-refractivity contribution in [2.45, 2.75) is 19.1 Å². The van der Waals surface area contributed by atoms with Gasteiger partial charge in [-0.15, -0.1) is 0 Å². The second-order valence-electron chi connectivity index (χ2n) is 3.89. The van der Waals surface area contributed by atoms with Crippen molar-refractivity contribution in [1.29, 1.82) is 0 Å². The topological polar surface area (TPSA) is 110 Å². The van der Waals surface area contributed by atoms with Gasteiger partial charge < -0.3 is 5.21 Å². The summed E-state index contributed by atoms with van der Waals surface area (Å²) in [6.45, 7) is 2.86. The molecule has 0 spiro atoms. The molecule has 0 aliphatic rings.